The predicted molar refractivity (Wildman–Crippen MR) is 35.8 cm³/mol. The van der Waals surface area contributed by atoms with E-state index in [1.54, 1.807) is 0 Å². The molecule has 1 aliphatic carbocycles. The molecule has 0 radical (unpaired) electrons. The molecule has 0 saturated heterocycles. The van der Waals surface area contributed by atoms with Crippen molar-refractivity contribution < 1.29 is 19.8 Å². The van der Waals surface area contributed by atoms with Gasteiger partial charge in [0.25, 0.3) is 0 Å². The van der Waals surface area contributed by atoms with E-state index in [9.17, 15) is 9.59 Å². The first-order chi connectivity index (χ1) is 5.04. The van der Waals surface area contributed by atoms with Crippen molar-refractivity contribution in [3.63, 3.8) is 0 Å². The highest BCUT2D eigenvalue weighted by Gasteiger charge is 2.42. The van der Waals surface area contributed by atoms with Gasteiger partial charge >= 0.3 is 0 Å². The van der Waals surface area contributed by atoms with Gasteiger partial charge in [0.1, 0.15) is 0 Å². The van der Waals surface area contributed by atoms with Crippen LogP contribution in [0.5, 0.6) is 0 Å². The molecule has 4 nitrogen and oxygen atoms in total. The SMILES string of the molecule is CC(O)C1C(=O)C(=O)CC1O. The molecule has 1 rings (SSSR count). The molecule has 1 aliphatic rings. The number of aliphatic hydroxyl groups is 2. The Kier molecular flexibility index (Phi) is 2.06. The summed E-state index contributed by atoms with van der Waals surface area (Å²) in [6, 6.07) is 0. The van der Waals surface area contributed by atoms with E-state index in [2.05, 4.69) is 0 Å². The second kappa shape index (κ2) is 2.71. The summed E-state index contributed by atoms with van der Waals surface area (Å²) in [5.74, 6) is -2.13. The third-order valence-electron chi connectivity index (χ3n) is 1.91. The number of hydrogen-bond acceptors (Lipinski definition) is 4. The molecule has 11 heavy (non-hydrogen) atoms. The third kappa shape index (κ3) is 1.32. The maximum Gasteiger partial charge on any atom is 0.206 e. The van der Waals surface area contributed by atoms with Crippen molar-refractivity contribution >= 4 is 11.6 Å². The van der Waals surface area contributed by atoms with Gasteiger partial charge in [-0.1, -0.05) is 0 Å². The normalized spacial score (nSPS) is 34.5. The van der Waals surface area contributed by atoms with Crippen molar-refractivity contribution in [2.75, 3.05) is 0 Å². The van der Waals surface area contributed by atoms with Gasteiger partial charge < -0.3 is 10.2 Å². The maximum absolute atomic E-state index is 10.9. The number of rotatable bonds is 1. The monoisotopic (exact) mass is 158 g/mol. The molecular formula is C7H10O4. The molecule has 0 aliphatic heterocycles. The molecule has 0 bridgehead atoms. The summed E-state index contributed by atoms with van der Waals surface area (Å²) in [5.41, 5.74) is 0. The van der Waals surface area contributed by atoms with Crippen molar-refractivity contribution in [2.45, 2.75) is 25.6 Å². The van der Waals surface area contributed by atoms with Crippen molar-refractivity contribution in [3.05, 3.63) is 0 Å². The minimum atomic E-state index is -0.991. The van der Waals surface area contributed by atoms with Crippen LogP contribution >= 0.6 is 0 Å². The highest BCUT2D eigenvalue weighted by Crippen LogP contribution is 2.22. The van der Waals surface area contributed by atoms with E-state index in [0.29, 0.717) is 0 Å². The Balaban J connectivity index is 2.80. The predicted octanol–water partition coefficient (Wildman–Crippen LogP) is -1.11. The lowest BCUT2D eigenvalue weighted by Crippen LogP contribution is -2.30. The number of carbonyl (C=O) groups is 2. The second-order valence-corrected chi connectivity index (χ2v) is 2.83. The molecule has 62 valence electrons. The van der Waals surface area contributed by atoms with Crippen molar-refractivity contribution in [3.8, 4) is 0 Å². The van der Waals surface area contributed by atoms with Crippen LogP contribution in [0.4, 0.5) is 0 Å². The fraction of sp³-hybridized carbons (Fsp3) is 0.714. The van der Waals surface area contributed by atoms with E-state index >= 15 is 0 Å². The van der Waals surface area contributed by atoms with Gasteiger partial charge in [-0.2, -0.15) is 0 Å². The van der Waals surface area contributed by atoms with Gasteiger partial charge in [0.15, 0.2) is 0 Å². The van der Waals surface area contributed by atoms with Crippen molar-refractivity contribution in [1.82, 2.24) is 0 Å². The quantitative estimate of drug-likeness (QED) is 0.474. The topological polar surface area (TPSA) is 74.6 Å². The van der Waals surface area contributed by atoms with Gasteiger partial charge in [0.2, 0.25) is 11.6 Å². The lowest BCUT2D eigenvalue weighted by Gasteiger charge is -2.13. The first-order valence-electron chi connectivity index (χ1n) is 3.47. The van der Waals surface area contributed by atoms with Gasteiger partial charge in [0.05, 0.1) is 18.1 Å². The van der Waals surface area contributed by atoms with Gasteiger partial charge in [-0.3, -0.25) is 9.59 Å². The number of Topliss-reactive ketones (excluding diaryl/α,β-unsaturated/α-hetero) is 2. The second-order valence-electron chi connectivity index (χ2n) is 2.83. The highest BCUT2D eigenvalue weighted by molar-refractivity contribution is 6.40. The van der Waals surface area contributed by atoms with Crippen LogP contribution in [-0.4, -0.2) is 34.0 Å². The van der Waals surface area contributed by atoms with Crippen LogP contribution in [0.3, 0.4) is 0 Å². The van der Waals surface area contributed by atoms with Gasteiger partial charge in [-0.15, -0.1) is 0 Å². The standard InChI is InChI=1S/C7H10O4/c1-3(8)6-4(9)2-5(10)7(6)11/h3-4,6,8-9H,2H2,1H3. The lowest BCUT2D eigenvalue weighted by molar-refractivity contribution is -0.137. The van der Waals surface area contributed by atoms with Gasteiger partial charge in [-0.25, -0.2) is 0 Å². The number of hydrogen-bond donors (Lipinski definition) is 2. The minimum absolute atomic E-state index is 0.144. The molecule has 4 heteroatoms. The summed E-state index contributed by atoms with van der Waals surface area (Å²) in [7, 11) is 0. The minimum Gasteiger partial charge on any atom is -0.393 e. The Bertz CT molecular complexity index is 197. The maximum atomic E-state index is 10.9. The molecule has 2 N–H and O–H groups in total. The number of aliphatic hydroxyl groups excluding tert-OH is 2. The summed E-state index contributed by atoms with van der Waals surface area (Å²) in [6.45, 7) is 1.39. The van der Waals surface area contributed by atoms with E-state index in [1.807, 2.05) is 0 Å². The van der Waals surface area contributed by atoms with Crippen molar-refractivity contribution in [1.29, 1.82) is 0 Å². The molecule has 0 aromatic heterocycles. The van der Waals surface area contributed by atoms with Crippen LogP contribution in [0.1, 0.15) is 13.3 Å². The molecule has 0 aromatic carbocycles. The smallest absolute Gasteiger partial charge is 0.206 e. The zero-order valence-corrected chi connectivity index (χ0v) is 6.15. The fourth-order valence-corrected chi connectivity index (χ4v) is 1.32. The van der Waals surface area contributed by atoms with Crippen LogP contribution in [-0.2, 0) is 9.59 Å². The van der Waals surface area contributed by atoms with Crippen molar-refractivity contribution in [2.24, 2.45) is 5.92 Å². The summed E-state index contributed by atoms with van der Waals surface area (Å²) in [6.07, 6.45) is -2.08. The summed E-state index contributed by atoms with van der Waals surface area (Å²) in [5, 5.41) is 18.1. The Morgan fingerprint density at radius 2 is 2.09 bits per heavy atom. The molecule has 0 heterocycles. The van der Waals surface area contributed by atoms with Crippen LogP contribution in [0.2, 0.25) is 0 Å². The Morgan fingerprint density at radius 3 is 2.27 bits per heavy atom. The average molecular weight is 158 g/mol. The molecular weight excluding hydrogens is 148 g/mol. The molecule has 0 spiro atoms. The molecule has 3 unspecified atom stereocenters. The Labute approximate surface area is 63.8 Å². The Hall–Kier alpha value is -0.740. The first kappa shape index (κ1) is 8.36. The summed E-state index contributed by atoms with van der Waals surface area (Å²) in [4.78, 5) is 21.6. The molecule has 0 amide bonds. The Morgan fingerprint density at radius 1 is 1.55 bits per heavy atom. The fourth-order valence-electron chi connectivity index (χ4n) is 1.32. The number of ketones is 2. The number of carbonyl (C=O) groups excluding carboxylic acids is 2. The summed E-state index contributed by atoms with van der Waals surface area (Å²) < 4.78 is 0. The van der Waals surface area contributed by atoms with E-state index in [1.165, 1.54) is 6.92 Å². The average Bonchev–Trinajstić information content (AvgIpc) is 2.07. The van der Waals surface area contributed by atoms with Crippen LogP contribution in [0, 0.1) is 5.92 Å². The van der Waals surface area contributed by atoms with Crippen LogP contribution in [0.15, 0.2) is 0 Å². The van der Waals surface area contributed by atoms with Crippen LogP contribution in [0.25, 0.3) is 0 Å². The van der Waals surface area contributed by atoms with E-state index in [0.717, 1.165) is 0 Å². The van der Waals surface area contributed by atoms with Gasteiger partial charge in [0, 0.05) is 6.42 Å². The first-order valence-corrected chi connectivity index (χ1v) is 3.47. The van der Waals surface area contributed by atoms with E-state index in [-0.39, 0.29) is 6.42 Å². The highest BCUT2D eigenvalue weighted by atomic mass is 16.3. The molecule has 0 aromatic rings. The zero-order valence-electron chi connectivity index (χ0n) is 6.15. The molecule has 3 atom stereocenters. The molecule has 1 saturated carbocycles. The van der Waals surface area contributed by atoms with E-state index < -0.39 is 29.7 Å². The van der Waals surface area contributed by atoms with E-state index in [4.69, 9.17) is 10.2 Å². The van der Waals surface area contributed by atoms with Gasteiger partial charge in [-0.05, 0) is 6.92 Å². The molecule has 1 fully saturated rings. The zero-order chi connectivity index (χ0) is 8.59. The van der Waals surface area contributed by atoms with Crippen LogP contribution < -0.4 is 0 Å². The lowest BCUT2D eigenvalue weighted by atomic mass is 9.99. The summed E-state index contributed by atoms with van der Waals surface area (Å²) >= 11 is 0. The third-order valence-corrected chi connectivity index (χ3v) is 1.91. The largest absolute Gasteiger partial charge is 0.393 e.